The molecule has 2 aromatic carbocycles. The van der Waals surface area contributed by atoms with Gasteiger partial charge in [-0.05, 0) is 35.2 Å². The molecule has 0 amide bonds. The van der Waals surface area contributed by atoms with Gasteiger partial charge in [0.2, 0.25) is 0 Å². The van der Waals surface area contributed by atoms with E-state index in [1.165, 1.54) is 10.5 Å². The lowest BCUT2D eigenvalue weighted by Crippen LogP contribution is -2.10. The van der Waals surface area contributed by atoms with E-state index in [2.05, 4.69) is 84.0 Å². The fraction of sp³-hybridized carbons (Fsp3) is 0.400. The van der Waals surface area contributed by atoms with Crippen LogP contribution in [0.15, 0.2) is 59.5 Å². The molecule has 2 rings (SSSR count). The average molecular weight is 316 g/mol. The van der Waals surface area contributed by atoms with Gasteiger partial charge < -0.3 is 5.73 Å². The van der Waals surface area contributed by atoms with Crippen LogP contribution in [0.2, 0.25) is 0 Å². The fourth-order valence-corrected chi connectivity index (χ4v) is 2.81. The van der Waals surface area contributed by atoms with E-state index in [1.807, 2.05) is 23.9 Å². The Bertz CT molecular complexity index is 545. The molecule has 0 saturated heterocycles. The average Bonchev–Trinajstić information content (AvgIpc) is 2.41. The summed E-state index contributed by atoms with van der Waals surface area (Å²) in [6.45, 7) is 13.3. The van der Waals surface area contributed by atoms with E-state index >= 15 is 0 Å². The zero-order valence-electron chi connectivity index (χ0n) is 14.7. The van der Waals surface area contributed by atoms with Crippen molar-refractivity contribution in [2.24, 2.45) is 0 Å². The van der Waals surface area contributed by atoms with Crippen molar-refractivity contribution < 1.29 is 0 Å². The molecule has 0 unspecified atom stereocenters. The SMILES string of the molecule is CC(C)(C)Sc1ccc(N)cc1.CC(C)(C)c1ccccc1. The molecule has 0 saturated carbocycles. The topological polar surface area (TPSA) is 26.0 Å². The molecule has 0 spiro atoms. The lowest BCUT2D eigenvalue weighted by atomic mass is 9.87. The van der Waals surface area contributed by atoms with Gasteiger partial charge in [0.1, 0.15) is 0 Å². The van der Waals surface area contributed by atoms with E-state index in [4.69, 9.17) is 5.73 Å². The molecule has 0 fully saturated rings. The van der Waals surface area contributed by atoms with E-state index in [0.717, 1.165) is 5.69 Å². The first-order valence-corrected chi connectivity index (χ1v) is 8.50. The molecule has 0 bridgehead atoms. The molecular formula is C20H29NS. The number of thioether (sulfide) groups is 1. The van der Waals surface area contributed by atoms with Crippen molar-refractivity contribution in [2.45, 2.75) is 56.6 Å². The van der Waals surface area contributed by atoms with Crippen LogP contribution in [0.5, 0.6) is 0 Å². The van der Waals surface area contributed by atoms with Gasteiger partial charge in [-0.15, -0.1) is 11.8 Å². The number of rotatable bonds is 1. The lowest BCUT2D eigenvalue weighted by molar-refractivity contribution is 0.590. The van der Waals surface area contributed by atoms with Crippen molar-refractivity contribution in [3.63, 3.8) is 0 Å². The monoisotopic (exact) mass is 315 g/mol. The highest BCUT2D eigenvalue weighted by molar-refractivity contribution is 8.00. The number of nitrogens with two attached hydrogens (primary N) is 1. The Labute approximate surface area is 140 Å². The molecule has 0 atom stereocenters. The third-order valence-corrected chi connectivity index (χ3v) is 4.06. The quantitative estimate of drug-likeness (QED) is 0.505. The standard InChI is InChI=1S/C10H15NS.C10H14/c1-10(2,3)12-9-6-4-8(11)5-7-9;1-10(2,3)9-7-5-4-6-8-9/h4-7H,11H2,1-3H3;4-8H,1-3H3. The Morgan fingerprint density at radius 2 is 1.23 bits per heavy atom. The van der Waals surface area contributed by atoms with Gasteiger partial charge in [0.05, 0.1) is 0 Å². The third-order valence-electron chi connectivity index (χ3n) is 2.94. The van der Waals surface area contributed by atoms with Crippen molar-refractivity contribution in [1.29, 1.82) is 0 Å². The zero-order chi connectivity index (χ0) is 16.8. The summed E-state index contributed by atoms with van der Waals surface area (Å²) in [4.78, 5) is 1.27. The first-order valence-electron chi connectivity index (χ1n) is 7.68. The Morgan fingerprint density at radius 3 is 1.59 bits per heavy atom. The highest BCUT2D eigenvalue weighted by Gasteiger charge is 2.11. The summed E-state index contributed by atoms with van der Waals surface area (Å²) in [5.41, 5.74) is 8.10. The Kier molecular flexibility index (Phi) is 6.55. The highest BCUT2D eigenvalue weighted by atomic mass is 32.2. The van der Waals surface area contributed by atoms with Crippen molar-refractivity contribution >= 4 is 17.4 Å². The molecule has 0 aromatic heterocycles. The van der Waals surface area contributed by atoms with Crippen molar-refractivity contribution in [1.82, 2.24) is 0 Å². The second-order valence-electron chi connectivity index (χ2n) is 7.40. The van der Waals surface area contributed by atoms with Gasteiger partial charge in [0.25, 0.3) is 0 Å². The van der Waals surface area contributed by atoms with Gasteiger partial charge in [-0.3, -0.25) is 0 Å². The Balaban J connectivity index is 0.000000224. The largest absolute Gasteiger partial charge is 0.399 e. The van der Waals surface area contributed by atoms with Gasteiger partial charge >= 0.3 is 0 Å². The van der Waals surface area contributed by atoms with Crippen LogP contribution in [0.25, 0.3) is 0 Å². The minimum atomic E-state index is 0.274. The maximum atomic E-state index is 5.58. The molecule has 0 aliphatic carbocycles. The predicted molar refractivity (Wildman–Crippen MR) is 102 cm³/mol. The predicted octanol–water partition coefficient (Wildman–Crippen LogP) is 6.14. The summed E-state index contributed by atoms with van der Waals surface area (Å²) in [6, 6.07) is 18.6. The van der Waals surface area contributed by atoms with E-state index in [0.29, 0.717) is 5.41 Å². The van der Waals surface area contributed by atoms with Gasteiger partial charge in [-0.25, -0.2) is 0 Å². The van der Waals surface area contributed by atoms with Crippen molar-refractivity contribution in [3.8, 4) is 0 Å². The normalized spacial score (nSPS) is 11.5. The van der Waals surface area contributed by atoms with Gasteiger partial charge in [-0.1, -0.05) is 71.9 Å². The number of hydrogen-bond acceptors (Lipinski definition) is 2. The second kappa shape index (κ2) is 7.73. The first-order chi connectivity index (χ1) is 10.1. The third kappa shape index (κ3) is 7.56. The van der Waals surface area contributed by atoms with Crippen LogP contribution in [0, 0.1) is 0 Å². The maximum Gasteiger partial charge on any atom is 0.0314 e. The summed E-state index contributed by atoms with van der Waals surface area (Å²) < 4.78 is 0.274. The van der Waals surface area contributed by atoms with Crippen LogP contribution in [0.3, 0.4) is 0 Å². The van der Waals surface area contributed by atoms with E-state index in [-0.39, 0.29) is 4.75 Å². The molecule has 2 aromatic rings. The number of hydrogen-bond donors (Lipinski definition) is 1. The minimum absolute atomic E-state index is 0.274. The van der Waals surface area contributed by atoms with Crippen LogP contribution >= 0.6 is 11.8 Å². The zero-order valence-corrected chi connectivity index (χ0v) is 15.5. The van der Waals surface area contributed by atoms with E-state index in [1.54, 1.807) is 0 Å². The first kappa shape index (κ1) is 18.6. The van der Waals surface area contributed by atoms with Crippen molar-refractivity contribution in [2.75, 3.05) is 5.73 Å². The molecule has 2 heteroatoms. The molecule has 2 N–H and O–H groups in total. The van der Waals surface area contributed by atoms with Crippen LogP contribution in [-0.2, 0) is 5.41 Å². The summed E-state index contributed by atoms with van der Waals surface area (Å²) in [5, 5.41) is 0. The minimum Gasteiger partial charge on any atom is -0.399 e. The van der Waals surface area contributed by atoms with Crippen LogP contribution < -0.4 is 5.73 Å². The van der Waals surface area contributed by atoms with Crippen LogP contribution in [-0.4, -0.2) is 4.75 Å². The number of benzene rings is 2. The van der Waals surface area contributed by atoms with Crippen LogP contribution in [0.1, 0.15) is 47.1 Å². The summed E-state index contributed by atoms with van der Waals surface area (Å²) >= 11 is 1.85. The second-order valence-corrected chi connectivity index (χ2v) is 9.30. The smallest absolute Gasteiger partial charge is 0.0314 e. The number of nitrogen functional groups attached to an aromatic ring is 1. The summed E-state index contributed by atoms with van der Waals surface area (Å²) in [5.74, 6) is 0. The summed E-state index contributed by atoms with van der Waals surface area (Å²) in [6.07, 6.45) is 0. The van der Waals surface area contributed by atoms with Crippen molar-refractivity contribution in [3.05, 3.63) is 60.2 Å². The maximum absolute atomic E-state index is 5.58. The molecular weight excluding hydrogens is 286 g/mol. The molecule has 1 nitrogen and oxygen atoms in total. The van der Waals surface area contributed by atoms with Gasteiger partial charge in [0.15, 0.2) is 0 Å². The molecule has 0 aliphatic rings. The Hall–Kier alpha value is -1.41. The molecule has 0 radical (unpaired) electrons. The van der Waals surface area contributed by atoms with E-state index < -0.39 is 0 Å². The lowest BCUT2D eigenvalue weighted by Gasteiger charge is -2.18. The molecule has 120 valence electrons. The number of anilines is 1. The molecule has 22 heavy (non-hydrogen) atoms. The van der Waals surface area contributed by atoms with E-state index in [9.17, 15) is 0 Å². The molecule has 0 aliphatic heterocycles. The van der Waals surface area contributed by atoms with Crippen LogP contribution in [0.4, 0.5) is 5.69 Å². The Morgan fingerprint density at radius 1 is 0.727 bits per heavy atom. The summed E-state index contributed by atoms with van der Waals surface area (Å²) in [7, 11) is 0. The molecule has 0 heterocycles. The fourth-order valence-electron chi connectivity index (χ4n) is 1.83. The van der Waals surface area contributed by atoms with Gasteiger partial charge in [0, 0.05) is 15.3 Å². The van der Waals surface area contributed by atoms with Gasteiger partial charge in [-0.2, -0.15) is 0 Å². The highest BCUT2D eigenvalue weighted by Crippen LogP contribution is 2.31.